The van der Waals surface area contributed by atoms with Crippen LogP contribution in [0.3, 0.4) is 0 Å². The summed E-state index contributed by atoms with van der Waals surface area (Å²) in [6.07, 6.45) is 1.53. The number of aromatic nitrogens is 2. The Hall–Kier alpha value is -3.35. The molecule has 0 spiro atoms. The first-order chi connectivity index (χ1) is 15.0. The number of fused-ring (bicyclic) bond motifs is 1. The van der Waals surface area contributed by atoms with E-state index in [-0.39, 0.29) is 17.6 Å². The van der Waals surface area contributed by atoms with Crippen LogP contribution in [0.15, 0.2) is 47.3 Å². The Morgan fingerprint density at radius 2 is 1.87 bits per heavy atom. The van der Waals surface area contributed by atoms with Crippen molar-refractivity contribution in [2.45, 2.75) is 46.2 Å². The Bertz CT molecular complexity index is 1160. The lowest BCUT2D eigenvalue weighted by molar-refractivity contribution is 0.246. The lowest BCUT2D eigenvalue weighted by Crippen LogP contribution is -2.47. The third kappa shape index (κ3) is 4.40. The second-order valence-corrected chi connectivity index (χ2v) is 8.15. The van der Waals surface area contributed by atoms with E-state index < -0.39 is 0 Å². The van der Waals surface area contributed by atoms with Crippen LogP contribution in [0.4, 0.5) is 16.3 Å². The number of rotatable bonds is 4. The monoisotopic (exact) mass is 419 g/mol. The van der Waals surface area contributed by atoms with Crippen LogP contribution in [0.25, 0.3) is 11.0 Å². The Morgan fingerprint density at radius 3 is 2.61 bits per heavy atom. The smallest absolute Gasteiger partial charge is 0.319 e. The fourth-order valence-electron chi connectivity index (χ4n) is 4.15. The van der Waals surface area contributed by atoms with E-state index in [0.29, 0.717) is 25.5 Å². The molecule has 31 heavy (non-hydrogen) atoms. The van der Waals surface area contributed by atoms with Crippen LogP contribution >= 0.6 is 0 Å². The van der Waals surface area contributed by atoms with Crippen LogP contribution in [0.2, 0.25) is 0 Å². The lowest BCUT2D eigenvalue weighted by Gasteiger charge is -2.33. The molecule has 4 rings (SSSR count). The molecular weight excluding hydrogens is 390 g/mol. The van der Waals surface area contributed by atoms with Gasteiger partial charge in [0.2, 0.25) is 0 Å². The van der Waals surface area contributed by atoms with Gasteiger partial charge >= 0.3 is 6.03 Å². The number of urea groups is 1. The number of carbonyl (C=O) groups excluding carboxylic acids is 1. The number of aryl methyl sites for hydroxylation is 3. The van der Waals surface area contributed by atoms with Gasteiger partial charge in [0.15, 0.2) is 5.82 Å². The van der Waals surface area contributed by atoms with Crippen LogP contribution in [-0.2, 0) is 6.54 Å². The first-order valence-corrected chi connectivity index (χ1v) is 10.9. The van der Waals surface area contributed by atoms with Crippen molar-refractivity contribution in [1.29, 1.82) is 0 Å². The van der Waals surface area contributed by atoms with Crippen LogP contribution in [0.1, 0.15) is 30.9 Å². The zero-order valence-electron chi connectivity index (χ0n) is 18.3. The first-order valence-electron chi connectivity index (χ1n) is 10.9. The second kappa shape index (κ2) is 8.79. The van der Waals surface area contributed by atoms with Crippen molar-refractivity contribution >= 4 is 28.6 Å². The van der Waals surface area contributed by atoms with Gasteiger partial charge in [-0.15, -0.1) is 0 Å². The van der Waals surface area contributed by atoms with Gasteiger partial charge in [-0.25, -0.2) is 9.78 Å². The van der Waals surface area contributed by atoms with Crippen molar-refractivity contribution in [1.82, 2.24) is 14.9 Å². The highest BCUT2D eigenvalue weighted by Crippen LogP contribution is 2.20. The summed E-state index contributed by atoms with van der Waals surface area (Å²) in [5.74, 6) is 0.499. The fourth-order valence-corrected chi connectivity index (χ4v) is 4.15. The number of nitrogens with zero attached hydrogens (tertiary/aromatic N) is 3. The van der Waals surface area contributed by atoms with Crippen LogP contribution < -0.4 is 21.1 Å². The third-order valence-electron chi connectivity index (χ3n) is 5.92. The van der Waals surface area contributed by atoms with Gasteiger partial charge in [-0.3, -0.25) is 4.79 Å². The van der Waals surface area contributed by atoms with Crippen LogP contribution in [-0.4, -0.2) is 34.7 Å². The molecular formula is C24H29N5O2. The van der Waals surface area contributed by atoms with Gasteiger partial charge in [0.1, 0.15) is 0 Å². The molecule has 162 valence electrons. The molecule has 1 aliphatic rings. The van der Waals surface area contributed by atoms with Crippen molar-refractivity contribution in [3.63, 3.8) is 0 Å². The Morgan fingerprint density at radius 1 is 1.13 bits per heavy atom. The fraction of sp³-hybridized carbons (Fsp3) is 0.375. The van der Waals surface area contributed by atoms with Crippen molar-refractivity contribution in [3.8, 4) is 0 Å². The van der Waals surface area contributed by atoms with Gasteiger partial charge in [-0.2, -0.15) is 0 Å². The Labute approximate surface area is 182 Å². The minimum absolute atomic E-state index is 0.0553. The number of carbonyl (C=O) groups is 1. The average Bonchev–Trinajstić information content (AvgIpc) is 2.76. The summed E-state index contributed by atoms with van der Waals surface area (Å²) in [7, 11) is 0. The molecule has 0 atom stereocenters. The van der Waals surface area contributed by atoms with Crippen LogP contribution in [0.5, 0.6) is 0 Å². The lowest BCUT2D eigenvalue weighted by atomic mass is 10.1. The van der Waals surface area contributed by atoms with E-state index in [0.717, 1.165) is 40.7 Å². The molecule has 2 aromatic carbocycles. The van der Waals surface area contributed by atoms with Gasteiger partial charge in [0.25, 0.3) is 5.56 Å². The van der Waals surface area contributed by atoms with E-state index in [1.165, 1.54) is 0 Å². The standard InChI is InChI=1S/C24H29N5O2/c1-4-29-21-8-6-5-7-19(21)26-22(23(29)30)28-13-11-18(12-14-28)25-24(31)27-20-15-16(2)9-10-17(20)3/h5-10,15,18H,4,11-14H2,1-3H3,(H2,25,27,31). The molecule has 0 saturated carbocycles. The zero-order valence-corrected chi connectivity index (χ0v) is 18.3. The number of para-hydroxylation sites is 2. The molecule has 3 aromatic rings. The first kappa shape index (κ1) is 20.9. The van der Waals surface area contributed by atoms with Crippen molar-refractivity contribution in [3.05, 3.63) is 63.9 Å². The predicted molar refractivity (Wildman–Crippen MR) is 125 cm³/mol. The quantitative estimate of drug-likeness (QED) is 0.674. The molecule has 0 unspecified atom stereocenters. The largest absolute Gasteiger partial charge is 0.352 e. The molecule has 0 aliphatic carbocycles. The van der Waals surface area contributed by atoms with E-state index >= 15 is 0 Å². The third-order valence-corrected chi connectivity index (χ3v) is 5.92. The molecule has 1 aromatic heterocycles. The van der Waals surface area contributed by atoms with E-state index in [1.807, 2.05) is 68.1 Å². The van der Waals surface area contributed by atoms with Crippen molar-refractivity contribution in [2.24, 2.45) is 0 Å². The van der Waals surface area contributed by atoms with Gasteiger partial charge < -0.3 is 20.1 Å². The summed E-state index contributed by atoms with van der Waals surface area (Å²) < 4.78 is 1.78. The summed E-state index contributed by atoms with van der Waals surface area (Å²) in [4.78, 5) is 32.2. The molecule has 1 aliphatic heterocycles. The SMILES string of the molecule is CCn1c(=O)c(N2CCC(NC(=O)Nc3cc(C)ccc3C)CC2)nc2ccccc21. The highest BCUT2D eigenvalue weighted by atomic mass is 16.2. The molecule has 2 N–H and O–H groups in total. The van der Waals surface area contributed by atoms with Crippen molar-refractivity contribution < 1.29 is 4.79 Å². The minimum Gasteiger partial charge on any atom is -0.352 e. The molecule has 2 amide bonds. The molecule has 7 nitrogen and oxygen atoms in total. The van der Waals surface area contributed by atoms with Crippen molar-refractivity contribution in [2.75, 3.05) is 23.3 Å². The highest BCUT2D eigenvalue weighted by molar-refractivity contribution is 5.90. The summed E-state index contributed by atoms with van der Waals surface area (Å²) in [5.41, 5.74) is 4.60. The zero-order chi connectivity index (χ0) is 22.0. The normalized spacial score (nSPS) is 14.6. The number of amides is 2. The molecule has 7 heteroatoms. The number of hydrogen-bond donors (Lipinski definition) is 2. The van der Waals surface area contributed by atoms with Crippen LogP contribution in [0, 0.1) is 13.8 Å². The van der Waals surface area contributed by atoms with E-state index in [9.17, 15) is 9.59 Å². The average molecular weight is 420 g/mol. The van der Waals surface area contributed by atoms with Gasteiger partial charge in [-0.05, 0) is 62.9 Å². The topological polar surface area (TPSA) is 79.3 Å². The number of hydrogen-bond acceptors (Lipinski definition) is 4. The molecule has 1 fully saturated rings. The number of anilines is 2. The van der Waals surface area contributed by atoms with E-state index in [2.05, 4.69) is 15.6 Å². The van der Waals surface area contributed by atoms with Gasteiger partial charge in [-0.1, -0.05) is 24.3 Å². The maximum Gasteiger partial charge on any atom is 0.319 e. The molecule has 0 bridgehead atoms. The van der Waals surface area contributed by atoms with Gasteiger partial charge in [0, 0.05) is 31.4 Å². The predicted octanol–water partition coefficient (Wildman–Crippen LogP) is 3.82. The summed E-state index contributed by atoms with van der Waals surface area (Å²) in [5, 5.41) is 6.03. The summed E-state index contributed by atoms with van der Waals surface area (Å²) in [6, 6.07) is 13.6. The number of nitrogens with one attached hydrogen (secondary N) is 2. The summed E-state index contributed by atoms with van der Waals surface area (Å²) >= 11 is 0. The van der Waals surface area contributed by atoms with Gasteiger partial charge in [0.05, 0.1) is 11.0 Å². The van der Waals surface area contributed by atoms with E-state index in [1.54, 1.807) is 4.57 Å². The summed E-state index contributed by atoms with van der Waals surface area (Å²) in [6.45, 7) is 7.92. The molecule has 2 heterocycles. The Balaban J connectivity index is 1.42. The maximum absolute atomic E-state index is 13.0. The van der Waals surface area contributed by atoms with E-state index in [4.69, 9.17) is 0 Å². The maximum atomic E-state index is 13.0. The number of piperidine rings is 1. The minimum atomic E-state index is -0.190. The molecule has 0 radical (unpaired) electrons. The molecule has 1 saturated heterocycles. The Kier molecular flexibility index (Phi) is 5.93. The number of benzene rings is 2. The highest BCUT2D eigenvalue weighted by Gasteiger charge is 2.24. The second-order valence-electron chi connectivity index (χ2n) is 8.15.